The molecule has 7 heteroatoms. The molecule has 0 aromatic heterocycles. The molecule has 6 nitrogen and oxygen atoms in total. The Morgan fingerprint density at radius 3 is 2.47 bits per heavy atom. The van der Waals surface area contributed by atoms with E-state index in [4.69, 9.17) is 10.8 Å². The molecule has 0 aliphatic rings. The van der Waals surface area contributed by atoms with Crippen LogP contribution in [0, 0.1) is 0 Å². The van der Waals surface area contributed by atoms with E-state index in [1.165, 1.54) is 6.08 Å². The van der Waals surface area contributed by atoms with Gasteiger partial charge in [0.15, 0.2) is 9.84 Å². The Kier molecular flexibility index (Phi) is 5.08. The lowest BCUT2D eigenvalue weighted by Gasteiger charge is -2.07. The number of nitrogens with one attached hydrogen (secondary N) is 1. The van der Waals surface area contributed by atoms with Crippen molar-refractivity contribution in [1.29, 1.82) is 0 Å². The van der Waals surface area contributed by atoms with E-state index in [2.05, 4.69) is 5.32 Å². The quantitative estimate of drug-likeness (QED) is 0.752. The maximum Gasteiger partial charge on any atom is 0.409 e. The van der Waals surface area contributed by atoms with Gasteiger partial charge in [0.1, 0.15) is 0 Å². The highest BCUT2D eigenvalue weighted by atomic mass is 32.2. The van der Waals surface area contributed by atoms with Gasteiger partial charge in [-0.1, -0.05) is 18.2 Å². The minimum absolute atomic E-state index is 0.409. The van der Waals surface area contributed by atoms with E-state index >= 15 is 0 Å². The molecule has 0 aliphatic heterocycles. The maximum absolute atomic E-state index is 10.9. The molecule has 4 N–H and O–H groups in total. The first kappa shape index (κ1) is 15.2. The lowest BCUT2D eigenvalue weighted by Crippen LogP contribution is -2.20. The van der Waals surface area contributed by atoms with Crippen molar-refractivity contribution in [2.75, 3.05) is 11.6 Å². The zero-order chi connectivity index (χ0) is 14.5. The summed E-state index contributed by atoms with van der Waals surface area (Å²) in [4.78, 5) is 10.4. The van der Waals surface area contributed by atoms with Crippen LogP contribution in [0.4, 0.5) is 10.5 Å². The number of hydrogen-bond acceptors (Lipinski definition) is 4. The van der Waals surface area contributed by atoms with E-state index in [-0.39, 0.29) is 0 Å². The van der Waals surface area contributed by atoms with Crippen LogP contribution in [0.5, 0.6) is 0 Å². The van der Waals surface area contributed by atoms with E-state index < -0.39 is 22.0 Å². The van der Waals surface area contributed by atoms with E-state index in [0.29, 0.717) is 12.1 Å². The molecule has 1 amide bonds. The van der Waals surface area contributed by atoms with E-state index in [1.807, 2.05) is 0 Å². The topological polar surface area (TPSA) is 109 Å². The summed E-state index contributed by atoms with van der Waals surface area (Å²) in [6.07, 6.45) is 1.88. The van der Waals surface area contributed by atoms with Crippen molar-refractivity contribution < 1.29 is 18.3 Å². The molecule has 0 radical (unpaired) electrons. The highest BCUT2D eigenvalue weighted by Gasteiger charge is 2.03. The first-order chi connectivity index (χ1) is 8.76. The number of carbonyl (C=O) groups is 1. The summed E-state index contributed by atoms with van der Waals surface area (Å²) >= 11 is 0. The fourth-order valence-electron chi connectivity index (χ4n) is 1.43. The summed E-state index contributed by atoms with van der Waals surface area (Å²) in [6.45, 7) is 0. The van der Waals surface area contributed by atoms with Crippen molar-refractivity contribution in [3.05, 3.63) is 41.3 Å². The molecule has 1 rings (SSSR count). The number of benzene rings is 1. The average Bonchev–Trinajstić information content (AvgIpc) is 2.28. The SMILES string of the molecule is CS(=O)(=O)/C=C/C(N)Cc1ccc(NC(=O)O)cc1. The van der Waals surface area contributed by atoms with Crippen LogP contribution in [0.15, 0.2) is 35.7 Å². The maximum atomic E-state index is 10.9. The monoisotopic (exact) mass is 284 g/mol. The van der Waals surface area contributed by atoms with Crippen molar-refractivity contribution in [3.63, 3.8) is 0 Å². The zero-order valence-corrected chi connectivity index (χ0v) is 11.2. The second kappa shape index (κ2) is 6.35. The third kappa shape index (κ3) is 6.58. The Morgan fingerprint density at radius 1 is 1.42 bits per heavy atom. The molecule has 0 fully saturated rings. The fourth-order valence-corrected chi connectivity index (χ4v) is 1.92. The summed E-state index contributed by atoms with van der Waals surface area (Å²) in [7, 11) is -3.17. The Bertz CT molecular complexity index is 564. The molecular weight excluding hydrogens is 268 g/mol. The smallest absolute Gasteiger partial charge is 0.409 e. The van der Waals surface area contributed by atoms with Gasteiger partial charge >= 0.3 is 6.09 Å². The van der Waals surface area contributed by atoms with Crippen molar-refractivity contribution in [3.8, 4) is 0 Å². The summed E-state index contributed by atoms with van der Waals surface area (Å²) in [5.41, 5.74) is 7.13. The molecule has 0 spiro atoms. The lowest BCUT2D eigenvalue weighted by atomic mass is 10.1. The van der Waals surface area contributed by atoms with E-state index in [0.717, 1.165) is 17.2 Å². The molecule has 1 aromatic carbocycles. The molecule has 1 atom stereocenters. The molecule has 104 valence electrons. The van der Waals surface area contributed by atoms with Gasteiger partial charge in [0.2, 0.25) is 0 Å². The van der Waals surface area contributed by atoms with Crippen LogP contribution in [0.1, 0.15) is 5.56 Å². The lowest BCUT2D eigenvalue weighted by molar-refractivity contribution is 0.209. The minimum Gasteiger partial charge on any atom is -0.465 e. The molecule has 0 heterocycles. The Hall–Kier alpha value is -1.86. The van der Waals surface area contributed by atoms with E-state index in [1.54, 1.807) is 24.3 Å². The predicted octanol–water partition coefficient (Wildman–Crippen LogP) is 1.20. The number of amides is 1. The van der Waals surface area contributed by atoms with Crippen molar-refractivity contribution >= 4 is 21.6 Å². The van der Waals surface area contributed by atoms with Crippen LogP contribution in [0.25, 0.3) is 0 Å². The number of carboxylic acid groups (broad SMARTS) is 1. The van der Waals surface area contributed by atoms with Gasteiger partial charge in [0.25, 0.3) is 0 Å². The van der Waals surface area contributed by atoms with Gasteiger partial charge in [-0.25, -0.2) is 13.2 Å². The van der Waals surface area contributed by atoms with Crippen LogP contribution in [-0.4, -0.2) is 31.9 Å². The molecule has 19 heavy (non-hydrogen) atoms. The number of rotatable bonds is 5. The second-order valence-electron chi connectivity index (χ2n) is 4.15. The Morgan fingerprint density at radius 2 is 2.00 bits per heavy atom. The highest BCUT2D eigenvalue weighted by molar-refractivity contribution is 7.93. The first-order valence-electron chi connectivity index (χ1n) is 5.49. The van der Waals surface area contributed by atoms with Gasteiger partial charge in [0, 0.05) is 23.4 Å². The van der Waals surface area contributed by atoms with Crippen LogP contribution in [0.3, 0.4) is 0 Å². The van der Waals surface area contributed by atoms with Crippen molar-refractivity contribution in [1.82, 2.24) is 0 Å². The number of sulfone groups is 1. The predicted molar refractivity (Wildman–Crippen MR) is 73.8 cm³/mol. The standard InChI is InChI=1S/C12H16N2O4S/c1-19(17,18)7-6-10(13)8-9-2-4-11(5-3-9)14-12(15)16/h2-7,10,14H,8,13H2,1H3,(H,15,16)/b7-6+. The second-order valence-corrected chi connectivity index (χ2v) is 6.08. The molecule has 0 bridgehead atoms. The summed E-state index contributed by atoms with van der Waals surface area (Å²) in [6, 6.07) is 6.30. The van der Waals surface area contributed by atoms with Gasteiger partial charge in [-0.15, -0.1) is 0 Å². The molecule has 1 aromatic rings. The van der Waals surface area contributed by atoms with Crippen LogP contribution in [0.2, 0.25) is 0 Å². The summed E-state index contributed by atoms with van der Waals surface area (Å²) in [5.74, 6) is 0. The normalized spacial score (nSPS) is 13.4. The third-order valence-electron chi connectivity index (χ3n) is 2.25. The summed E-state index contributed by atoms with van der Waals surface area (Å²) < 4.78 is 21.9. The zero-order valence-electron chi connectivity index (χ0n) is 10.4. The van der Waals surface area contributed by atoms with Gasteiger partial charge in [-0.05, 0) is 24.1 Å². The van der Waals surface area contributed by atoms with Gasteiger partial charge in [0.05, 0.1) is 0 Å². The average molecular weight is 284 g/mol. The Labute approximate surface area is 111 Å². The molecular formula is C12H16N2O4S. The number of anilines is 1. The van der Waals surface area contributed by atoms with Gasteiger partial charge in [-0.3, -0.25) is 5.32 Å². The van der Waals surface area contributed by atoms with E-state index in [9.17, 15) is 13.2 Å². The molecule has 0 aliphatic carbocycles. The third-order valence-corrected chi connectivity index (χ3v) is 2.90. The van der Waals surface area contributed by atoms with Gasteiger partial charge < -0.3 is 10.8 Å². The fraction of sp³-hybridized carbons (Fsp3) is 0.250. The molecule has 0 saturated heterocycles. The number of nitrogens with two attached hydrogens (primary N) is 1. The van der Waals surface area contributed by atoms with Crippen molar-refractivity contribution in [2.24, 2.45) is 5.73 Å². The van der Waals surface area contributed by atoms with Crippen LogP contribution < -0.4 is 11.1 Å². The molecule has 0 saturated carbocycles. The largest absolute Gasteiger partial charge is 0.465 e. The first-order valence-corrected chi connectivity index (χ1v) is 7.44. The number of hydrogen-bond donors (Lipinski definition) is 3. The van der Waals surface area contributed by atoms with Crippen LogP contribution >= 0.6 is 0 Å². The van der Waals surface area contributed by atoms with Crippen molar-refractivity contribution in [2.45, 2.75) is 12.5 Å². The summed E-state index contributed by atoms with van der Waals surface area (Å²) in [5, 5.41) is 11.8. The van der Waals surface area contributed by atoms with Crippen LogP contribution in [-0.2, 0) is 16.3 Å². The van der Waals surface area contributed by atoms with Gasteiger partial charge in [-0.2, -0.15) is 0 Å². The minimum atomic E-state index is -3.17. The highest BCUT2D eigenvalue weighted by Crippen LogP contribution is 2.11. The Balaban J connectivity index is 2.63. The molecule has 1 unspecified atom stereocenters.